The Balaban J connectivity index is 1.77. The highest BCUT2D eigenvalue weighted by Crippen LogP contribution is 2.26. The van der Waals surface area contributed by atoms with E-state index in [-0.39, 0.29) is 6.61 Å². The molecule has 0 amide bonds. The molecule has 0 unspecified atom stereocenters. The van der Waals surface area contributed by atoms with Crippen molar-refractivity contribution in [3.05, 3.63) is 66.4 Å². The van der Waals surface area contributed by atoms with Gasteiger partial charge in [0.25, 0.3) is 0 Å². The van der Waals surface area contributed by atoms with E-state index in [4.69, 9.17) is 4.42 Å². The first-order chi connectivity index (χ1) is 10.9. The topological polar surface area (TPSA) is 83.5 Å². The number of oxazole rings is 1. The van der Waals surface area contributed by atoms with Crippen LogP contribution >= 0.6 is 0 Å². The number of benzene rings is 1. The minimum atomic E-state index is -0.0976. The number of pyridine rings is 1. The third-order valence-corrected chi connectivity index (χ3v) is 3.09. The largest absolute Gasteiger partial charge is 0.444 e. The Morgan fingerprint density at radius 1 is 1.18 bits per heavy atom. The predicted molar refractivity (Wildman–Crippen MR) is 83.3 cm³/mol. The van der Waals surface area contributed by atoms with Gasteiger partial charge in [-0.25, -0.2) is 4.98 Å². The average Bonchev–Trinajstić information content (AvgIpc) is 3.10. The molecule has 2 heterocycles. The van der Waals surface area contributed by atoms with Crippen molar-refractivity contribution in [2.24, 2.45) is 5.10 Å². The van der Waals surface area contributed by atoms with Crippen LogP contribution in [0, 0.1) is 0 Å². The fourth-order valence-electron chi connectivity index (χ4n) is 2.01. The number of hydrogen-bond donors (Lipinski definition) is 2. The van der Waals surface area contributed by atoms with E-state index < -0.39 is 0 Å². The zero-order valence-corrected chi connectivity index (χ0v) is 11.7. The smallest absolute Gasteiger partial charge is 0.181 e. The molecule has 0 aliphatic rings. The molecule has 3 aromatic rings. The molecule has 2 N–H and O–H groups in total. The van der Waals surface area contributed by atoms with Crippen molar-refractivity contribution >= 4 is 11.9 Å². The SMILES string of the molecule is OCc1cc(N/N=C/c2ccncc2)ccc1-c1cnco1. The van der Waals surface area contributed by atoms with Crippen molar-refractivity contribution in [3.8, 4) is 11.3 Å². The van der Waals surface area contributed by atoms with Crippen LogP contribution in [0.25, 0.3) is 11.3 Å². The molecular weight excluding hydrogens is 280 g/mol. The summed E-state index contributed by atoms with van der Waals surface area (Å²) >= 11 is 0. The molecule has 0 bridgehead atoms. The first kappa shape index (κ1) is 14.0. The summed E-state index contributed by atoms with van der Waals surface area (Å²) in [5.74, 6) is 0.621. The van der Waals surface area contributed by atoms with Crippen molar-refractivity contribution in [1.29, 1.82) is 0 Å². The lowest BCUT2D eigenvalue weighted by Crippen LogP contribution is -1.94. The van der Waals surface area contributed by atoms with Crippen molar-refractivity contribution in [3.63, 3.8) is 0 Å². The van der Waals surface area contributed by atoms with E-state index in [9.17, 15) is 5.11 Å². The van der Waals surface area contributed by atoms with Gasteiger partial charge in [-0.15, -0.1) is 0 Å². The van der Waals surface area contributed by atoms with Crippen LogP contribution in [-0.4, -0.2) is 21.3 Å². The third-order valence-electron chi connectivity index (χ3n) is 3.09. The Morgan fingerprint density at radius 3 is 2.77 bits per heavy atom. The number of hydrazone groups is 1. The van der Waals surface area contributed by atoms with Crippen LogP contribution in [-0.2, 0) is 6.61 Å². The number of anilines is 1. The van der Waals surface area contributed by atoms with Gasteiger partial charge in [-0.1, -0.05) is 0 Å². The van der Waals surface area contributed by atoms with E-state index in [0.717, 1.165) is 22.4 Å². The summed E-state index contributed by atoms with van der Waals surface area (Å²) in [4.78, 5) is 7.83. The molecule has 0 fully saturated rings. The molecule has 22 heavy (non-hydrogen) atoms. The Hall–Kier alpha value is -2.99. The Bertz CT molecular complexity index is 755. The number of aliphatic hydroxyl groups excluding tert-OH is 1. The predicted octanol–water partition coefficient (Wildman–Crippen LogP) is 2.67. The molecule has 6 nitrogen and oxygen atoms in total. The van der Waals surface area contributed by atoms with E-state index in [1.165, 1.54) is 6.39 Å². The second-order valence-corrected chi connectivity index (χ2v) is 4.55. The molecule has 1 aromatic carbocycles. The van der Waals surface area contributed by atoms with Crippen molar-refractivity contribution in [2.45, 2.75) is 6.61 Å². The van der Waals surface area contributed by atoms with Crippen LogP contribution in [0.3, 0.4) is 0 Å². The van der Waals surface area contributed by atoms with Crippen LogP contribution in [0.15, 0.2) is 64.8 Å². The zero-order valence-electron chi connectivity index (χ0n) is 11.7. The fraction of sp³-hybridized carbons (Fsp3) is 0.0625. The lowest BCUT2D eigenvalue weighted by Gasteiger charge is -2.07. The van der Waals surface area contributed by atoms with Gasteiger partial charge in [0.15, 0.2) is 12.2 Å². The lowest BCUT2D eigenvalue weighted by atomic mass is 10.1. The van der Waals surface area contributed by atoms with Crippen LogP contribution in [0.1, 0.15) is 11.1 Å². The maximum atomic E-state index is 9.51. The summed E-state index contributed by atoms with van der Waals surface area (Å²) in [5, 5.41) is 13.7. The van der Waals surface area contributed by atoms with Gasteiger partial charge < -0.3 is 9.52 Å². The maximum absolute atomic E-state index is 9.51. The first-order valence-corrected chi connectivity index (χ1v) is 6.68. The molecule has 3 rings (SSSR count). The summed E-state index contributed by atoms with van der Waals surface area (Å²) in [6, 6.07) is 9.26. The zero-order chi connectivity index (χ0) is 15.2. The maximum Gasteiger partial charge on any atom is 0.181 e. The Kier molecular flexibility index (Phi) is 4.22. The summed E-state index contributed by atoms with van der Waals surface area (Å²) in [6.07, 6.45) is 8.09. The number of aromatic nitrogens is 2. The third kappa shape index (κ3) is 3.18. The standard InChI is InChI=1S/C16H14N4O2/c21-10-13-7-14(1-2-15(13)16-9-18-11-22-16)20-19-8-12-3-5-17-6-4-12/h1-9,11,20-21H,10H2/b19-8+. The normalized spacial score (nSPS) is 11.0. The Morgan fingerprint density at radius 2 is 2.05 bits per heavy atom. The minimum absolute atomic E-state index is 0.0976. The Labute approximate surface area is 127 Å². The molecule has 0 atom stereocenters. The molecule has 0 aliphatic carbocycles. The number of nitrogens with one attached hydrogen (secondary N) is 1. The molecule has 0 spiro atoms. The quantitative estimate of drug-likeness (QED) is 0.558. The molecule has 0 aliphatic heterocycles. The number of aliphatic hydroxyl groups is 1. The van der Waals surface area contributed by atoms with E-state index in [1.54, 1.807) is 24.8 Å². The lowest BCUT2D eigenvalue weighted by molar-refractivity contribution is 0.282. The van der Waals surface area contributed by atoms with Gasteiger partial charge in [-0.2, -0.15) is 5.10 Å². The van der Waals surface area contributed by atoms with E-state index in [2.05, 4.69) is 20.5 Å². The van der Waals surface area contributed by atoms with Crippen molar-refractivity contribution in [1.82, 2.24) is 9.97 Å². The molecule has 0 saturated heterocycles. The summed E-state index contributed by atoms with van der Waals surface area (Å²) in [6.45, 7) is -0.0976. The number of hydrogen-bond acceptors (Lipinski definition) is 6. The van der Waals surface area contributed by atoms with E-state index in [0.29, 0.717) is 5.76 Å². The molecule has 6 heteroatoms. The van der Waals surface area contributed by atoms with Gasteiger partial charge in [0, 0.05) is 18.0 Å². The fourth-order valence-corrected chi connectivity index (χ4v) is 2.01. The highest BCUT2D eigenvalue weighted by atomic mass is 16.3. The second-order valence-electron chi connectivity index (χ2n) is 4.55. The first-order valence-electron chi connectivity index (χ1n) is 6.68. The van der Waals surface area contributed by atoms with E-state index >= 15 is 0 Å². The monoisotopic (exact) mass is 294 g/mol. The molecule has 110 valence electrons. The summed E-state index contributed by atoms with van der Waals surface area (Å²) < 4.78 is 5.26. The molecular formula is C16H14N4O2. The van der Waals surface area contributed by atoms with E-state index in [1.807, 2.05) is 30.3 Å². The van der Waals surface area contributed by atoms with Crippen LogP contribution in [0.5, 0.6) is 0 Å². The average molecular weight is 294 g/mol. The summed E-state index contributed by atoms with van der Waals surface area (Å²) in [5.41, 5.74) is 6.20. The highest BCUT2D eigenvalue weighted by Gasteiger charge is 2.08. The van der Waals surface area contributed by atoms with Crippen LogP contribution < -0.4 is 5.43 Å². The van der Waals surface area contributed by atoms with Crippen molar-refractivity contribution in [2.75, 3.05) is 5.43 Å². The van der Waals surface area contributed by atoms with Crippen LogP contribution in [0.4, 0.5) is 5.69 Å². The minimum Gasteiger partial charge on any atom is -0.444 e. The highest BCUT2D eigenvalue weighted by molar-refractivity contribution is 5.80. The van der Waals surface area contributed by atoms with Gasteiger partial charge in [0.1, 0.15) is 0 Å². The van der Waals surface area contributed by atoms with Crippen molar-refractivity contribution < 1.29 is 9.52 Å². The van der Waals surface area contributed by atoms with Gasteiger partial charge in [-0.05, 0) is 41.5 Å². The molecule has 2 aromatic heterocycles. The molecule has 0 saturated carbocycles. The molecule has 0 radical (unpaired) electrons. The number of rotatable bonds is 5. The summed E-state index contributed by atoms with van der Waals surface area (Å²) in [7, 11) is 0. The van der Waals surface area contributed by atoms with Gasteiger partial charge in [0.05, 0.1) is 24.7 Å². The number of nitrogens with zero attached hydrogens (tertiary/aromatic N) is 3. The second kappa shape index (κ2) is 6.64. The van der Waals surface area contributed by atoms with Gasteiger partial charge in [-0.3, -0.25) is 10.4 Å². The van der Waals surface area contributed by atoms with Crippen LogP contribution in [0.2, 0.25) is 0 Å². The van der Waals surface area contributed by atoms with Gasteiger partial charge in [0.2, 0.25) is 0 Å². The van der Waals surface area contributed by atoms with Gasteiger partial charge >= 0.3 is 0 Å².